The standard InChI is InChI=1S/C14H25N/c1-11-7-8-13(10-11)14(3,4)9-5-6-12(2)15/h6,10-11H,5,7-9,15H2,1-4H3/b12-6-/t11-/m1/s1. The zero-order valence-corrected chi connectivity index (χ0v) is 10.6. The Morgan fingerprint density at radius 3 is 2.73 bits per heavy atom. The molecule has 1 nitrogen and oxygen atoms in total. The van der Waals surface area contributed by atoms with Crippen LogP contribution in [0.3, 0.4) is 0 Å². The molecule has 0 saturated carbocycles. The van der Waals surface area contributed by atoms with Crippen LogP contribution in [0.1, 0.15) is 53.4 Å². The van der Waals surface area contributed by atoms with Gasteiger partial charge in [-0.25, -0.2) is 0 Å². The Labute approximate surface area is 94.4 Å². The number of hydrogen-bond acceptors (Lipinski definition) is 1. The van der Waals surface area contributed by atoms with Gasteiger partial charge in [0.05, 0.1) is 0 Å². The van der Waals surface area contributed by atoms with Crippen LogP contribution in [0.4, 0.5) is 0 Å². The van der Waals surface area contributed by atoms with Crippen LogP contribution < -0.4 is 5.73 Å². The predicted molar refractivity (Wildman–Crippen MR) is 67.4 cm³/mol. The molecule has 1 rings (SSSR count). The number of rotatable bonds is 4. The fourth-order valence-electron chi connectivity index (χ4n) is 2.28. The maximum absolute atomic E-state index is 5.64. The van der Waals surface area contributed by atoms with Crippen LogP contribution in [0, 0.1) is 11.3 Å². The topological polar surface area (TPSA) is 26.0 Å². The van der Waals surface area contributed by atoms with Crippen molar-refractivity contribution in [3.05, 3.63) is 23.4 Å². The number of nitrogens with two attached hydrogens (primary N) is 1. The molecule has 2 N–H and O–H groups in total. The van der Waals surface area contributed by atoms with Crippen LogP contribution in [-0.4, -0.2) is 0 Å². The maximum Gasteiger partial charge on any atom is 0.000833 e. The first kappa shape index (κ1) is 12.4. The molecule has 0 saturated heterocycles. The first-order valence-corrected chi connectivity index (χ1v) is 6.05. The molecule has 0 aromatic heterocycles. The molecule has 0 radical (unpaired) electrons. The fourth-order valence-corrected chi connectivity index (χ4v) is 2.28. The highest BCUT2D eigenvalue weighted by Crippen LogP contribution is 2.40. The summed E-state index contributed by atoms with van der Waals surface area (Å²) in [6.07, 6.45) is 9.55. The Morgan fingerprint density at radius 2 is 2.27 bits per heavy atom. The molecule has 0 unspecified atom stereocenters. The summed E-state index contributed by atoms with van der Waals surface area (Å²) in [5, 5.41) is 0. The van der Waals surface area contributed by atoms with E-state index in [9.17, 15) is 0 Å². The van der Waals surface area contributed by atoms with Crippen molar-refractivity contribution in [1.82, 2.24) is 0 Å². The van der Waals surface area contributed by atoms with E-state index in [-0.39, 0.29) is 0 Å². The highest BCUT2D eigenvalue weighted by Gasteiger charge is 2.26. The van der Waals surface area contributed by atoms with Crippen molar-refractivity contribution in [3.8, 4) is 0 Å². The molecule has 15 heavy (non-hydrogen) atoms. The number of allylic oxidation sites excluding steroid dienone is 4. The molecule has 0 fully saturated rings. The Balaban J connectivity index is 2.52. The third-order valence-corrected chi connectivity index (χ3v) is 3.46. The summed E-state index contributed by atoms with van der Waals surface area (Å²) in [5.41, 5.74) is 8.60. The van der Waals surface area contributed by atoms with Gasteiger partial charge in [-0.1, -0.05) is 38.5 Å². The summed E-state index contributed by atoms with van der Waals surface area (Å²) in [5.74, 6) is 0.783. The van der Waals surface area contributed by atoms with Gasteiger partial charge in [0.2, 0.25) is 0 Å². The van der Waals surface area contributed by atoms with Gasteiger partial charge in [-0.3, -0.25) is 0 Å². The van der Waals surface area contributed by atoms with E-state index < -0.39 is 0 Å². The zero-order valence-electron chi connectivity index (χ0n) is 10.6. The van der Waals surface area contributed by atoms with Crippen molar-refractivity contribution in [2.24, 2.45) is 17.1 Å². The smallest absolute Gasteiger partial charge is 0.000833 e. The highest BCUT2D eigenvalue weighted by atomic mass is 14.5. The van der Waals surface area contributed by atoms with Gasteiger partial charge in [0.15, 0.2) is 0 Å². The van der Waals surface area contributed by atoms with E-state index in [1.807, 2.05) is 6.92 Å². The van der Waals surface area contributed by atoms with Crippen LogP contribution >= 0.6 is 0 Å². The van der Waals surface area contributed by atoms with Gasteiger partial charge in [0, 0.05) is 5.70 Å². The lowest BCUT2D eigenvalue weighted by molar-refractivity contribution is 0.402. The van der Waals surface area contributed by atoms with Gasteiger partial charge in [0.1, 0.15) is 0 Å². The minimum absolute atomic E-state index is 0.358. The molecule has 0 bridgehead atoms. The number of hydrogen-bond donors (Lipinski definition) is 1. The SMILES string of the molecule is C/C(N)=C/CCC(C)(C)C1=C[C@H](C)CC1. The van der Waals surface area contributed by atoms with E-state index in [0.29, 0.717) is 5.41 Å². The molecule has 1 aliphatic carbocycles. The largest absolute Gasteiger partial charge is 0.403 e. The van der Waals surface area contributed by atoms with E-state index in [4.69, 9.17) is 5.73 Å². The Bertz CT molecular complexity index is 267. The molecule has 0 spiro atoms. The lowest BCUT2D eigenvalue weighted by Crippen LogP contribution is -2.13. The quantitative estimate of drug-likeness (QED) is 0.692. The normalized spacial score (nSPS) is 23.1. The van der Waals surface area contributed by atoms with Crippen LogP contribution in [0.25, 0.3) is 0 Å². The second-order valence-corrected chi connectivity index (χ2v) is 5.58. The average molecular weight is 207 g/mol. The second kappa shape index (κ2) is 4.87. The van der Waals surface area contributed by atoms with Gasteiger partial charge in [-0.2, -0.15) is 0 Å². The molecule has 86 valence electrons. The summed E-state index contributed by atoms with van der Waals surface area (Å²) in [4.78, 5) is 0. The lowest BCUT2D eigenvalue weighted by atomic mass is 9.79. The summed E-state index contributed by atoms with van der Waals surface area (Å²) in [6, 6.07) is 0. The molecule has 0 aromatic rings. The summed E-state index contributed by atoms with van der Waals surface area (Å²) < 4.78 is 0. The zero-order chi connectivity index (χ0) is 11.5. The van der Waals surface area contributed by atoms with Gasteiger partial charge < -0.3 is 5.73 Å². The Morgan fingerprint density at radius 1 is 1.60 bits per heavy atom. The predicted octanol–water partition coefficient (Wildman–Crippen LogP) is 4.01. The minimum Gasteiger partial charge on any atom is -0.403 e. The lowest BCUT2D eigenvalue weighted by Gasteiger charge is -2.26. The van der Waals surface area contributed by atoms with E-state index in [2.05, 4.69) is 32.9 Å². The van der Waals surface area contributed by atoms with Crippen molar-refractivity contribution in [2.45, 2.75) is 53.4 Å². The summed E-state index contributed by atoms with van der Waals surface area (Å²) >= 11 is 0. The molecule has 0 aromatic carbocycles. The van der Waals surface area contributed by atoms with Crippen LogP contribution in [0.5, 0.6) is 0 Å². The van der Waals surface area contributed by atoms with Gasteiger partial charge in [-0.05, 0) is 43.9 Å². The summed E-state index contributed by atoms with van der Waals surface area (Å²) in [7, 11) is 0. The monoisotopic (exact) mass is 207 g/mol. The van der Waals surface area contributed by atoms with Crippen LogP contribution in [-0.2, 0) is 0 Å². The van der Waals surface area contributed by atoms with E-state index in [0.717, 1.165) is 18.0 Å². The Kier molecular flexibility index (Phi) is 4.01. The van der Waals surface area contributed by atoms with E-state index in [1.54, 1.807) is 5.57 Å². The van der Waals surface area contributed by atoms with Crippen molar-refractivity contribution < 1.29 is 0 Å². The molecule has 1 atom stereocenters. The Hall–Kier alpha value is -0.720. The van der Waals surface area contributed by atoms with Gasteiger partial charge in [0.25, 0.3) is 0 Å². The fraction of sp³-hybridized carbons (Fsp3) is 0.714. The van der Waals surface area contributed by atoms with Crippen molar-refractivity contribution in [2.75, 3.05) is 0 Å². The first-order chi connectivity index (χ1) is 6.92. The van der Waals surface area contributed by atoms with Crippen LogP contribution in [0.2, 0.25) is 0 Å². The maximum atomic E-state index is 5.64. The van der Waals surface area contributed by atoms with Crippen molar-refractivity contribution in [1.29, 1.82) is 0 Å². The van der Waals surface area contributed by atoms with Crippen LogP contribution in [0.15, 0.2) is 23.4 Å². The van der Waals surface area contributed by atoms with Gasteiger partial charge >= 0.3 is 0 Å². The van der Waals surface area contributed by atoms with Crippen molar-refractivity contribution >= 4 is 0 Å². The molecule has 1 heteroatoms. The molecule has 0 amide bonds. The summed E-state index contributed by atoms with van der Waals surface area (Å²) in [6.45, 7) is 8.99. The minimum atomic E-state index is 0.358. The third-order valence-electron chi connectivity index (χ3n) is 3.46. The first-order valence-electron chi connectivity index (χ1n) is 6.05. The van der Waals surface area contributed by atoms with Crippen molar-refractivity contribution in [3.63, 3.8) is 0 Å². The van der Waals surface area contributed by atoms with E-state index >= 15 is 0 Å². The third kappa shape index (κ3) is 3.73. The highest BCUT2D eigenvalue weighted by molar-refractivity contribution is 5.18. The molecule has 0 heterocycles. The molecule has 1 aliphatic rings. The second-order valence-electron chi connectivity index (χ2n) is 5.58. The molecule has 0 aliphatic heterocycles. The average Bonchev–Trinajstić information content (AvgIpc) is 2.51. The van der Waals surface area contributed by atoms with Gasteiger partial charge in [-0.15, -0.1) is 0 Å². The molecular formula is C14H25N. The van der Waals surface area contributed by atoms with E-state index in [1.165, 1.54) is 19.3 Å². The molecular weight excluding hydrogens is 182 g/mol.